The Morgan fingerprint density at radius 1 is 1.69 bits per heavy atom. The highest BCUT2D eigenvalue weighted by Gasteiger charge is 2.32. The predicted octanol–water partition coefficient (Wildman–Crippen LogP) is 0.333. The van der Waals surface area contributed by atoms with Crippen molar-refractivity contribution in [3.05, 3.63) is 23.7 Å². The molecule has 1 fully saturated rings. The summed E-state index contributed by atoms with van der Waals surface area (Å²) in [7, 11) is 1.30. The summed E-state index contributed by atoms with van der Waals surface area (Å²) in [4.78, 5) is 11.2. The molecule has 2 rings (SSSR count). The lowest BCUT2D eigenvalue weighted by molar-refractivity contribution is 0.0505. The van der Waals surface area contributed by atoms with Crippen LogP contribution in [0.15, 0.2) is 16.5 Å². The first-order valence-corrected chi connectivity index (χ1v) is 5.23. The first kappa shape index (κ1) is 11.2. The maximum absolute atomic E-state index is 11.2. The number of furan rings is 1. The summed E-state index contributed by atoms with van der Waals surface area (Å²) in [5, 5.41) is 13.2. The normalized spacial score (nSPS) is 24.6. The molecule has 16 heavy (non-hydrogen) atoms. The molecule has 0 spiro atoms. The number of aliphatic hydroxyl groups is 1. The van der Waals surface area contributed by atoms with Crippen LogP contribution in [-0.4, -0.2) is 36.9 Å². The highest BCUT2D eigenvalue weighted by molar-refractivity contribution is 5.86. The van der Waals surface area contributed by atoms with Crippen molar-refractivity contribution in [1.82, 2.24) is 5.32 Å². The first-order chi connectivity index (χ1) is 7.63. The van der Waals surface area contributed by atoms with Gasteiger partial charge in [-0.1, -0.05) is 0 Å². The lowest BCUT2D eigenvalue weighted by Crippen LogP contribution is -2.33. The molecule has 1 aliphatic heterocycles. The Labute approximate surface area is 93.4 Å². The van der Waals surface area contributed by atoms with E-state index in [4.69, 9.17) is 4.42 Å². The van der Waals surface area contributed by atoms with Gasteiger partial charge in [-0.05, 0) is 25.1 Å². The van der Waals surface area contributed by atoms with Crippen molar-refractivity contribution in [2.24, 2.45) is 0 Å². The molecule has 0 saturated carbocycles. The van der Waals surface area contributed by atoms with Crippen LogP contribution in [0.5, 0.6) is 0 Å². The molecule has 88 valence electrons. The molecular weight excluding hydrogens is 210 g/mol. The minimum atomic E-state index is -0.759. The molecule has 0 amide bonds. The molecule has 1 unspecified atom stereocenters. The Hall–Kier alpha value is -1.33. The fourth-order valence-corrected chi connectivity index (χ4v) is 1.89. The zero-order valence-corrected chi connectivity index (χ0v) is 9.16. The minimum absolute atomic E-state index is 0.173. The van der Waals surface area contributed by atoms with E-state index in [9.17, 15) is 9.90 Å². The van der Waals surface area contributed by atoms with Gasteiger partial charge in [-0.25, -0.2) is 4.79 Å². The van der Waals surface area contributed by atoms with Gasteiger partial charge in [0, 0.05) is 13.0 Å². The fraction of sp³-hybridized carbons (Fsp3) is 0.545. The van der Waals surface area contributed by atoms with Crippen LogP contribution in [0.3, 0.4) is 0 Å². The lowest BCUT2D eigenvalue weighted by atomic mass is 9.98. The molecule has 0 aliphatic carbocycles. The number of hydrogen-bond donors (Lipinski definition) is 2. The molecule has 0 radical (unpaired) electrons. The summed E-state index contributed by atoms with van der Waals surface area (Å²) < 4.78 is 9.84. The van der Waals surface area contributed by atoms with E-state index < -0.39 is 11.6 Å². The Morgan fingerprint density at radius 3 is 3.12 bits per heavy atom. The maximum Gasteiger partial charge on any atom is 0.373 e. The van der Waals surface area contributed by atoms with Crippen molar-refractivity contribution in [2.45, 2.75) is 18.4 Å². The van der Waals surface area contributed by atoms with Crippen LogP contribution in [0.2, 0.25) is 0 Å². The van der Waals surface area contributed by atoms with Crippen molar-refractivity contribution in [3.8, 4) is 0 Å². The summed E-state index contributed by atoms with van der Waals surface area (Å²) in [6, 6.07) is 3.26. The van der Waals surface area contributed by atoms with Crippen molar-refractivity contribution in [1.29, 1.82) is 0 Å². The minimum Gasteiger partial charge on any atom is -0.463 e. The standard InChI is InChI=1S/C11H15NO4/c1-15-10(13)9-3-2-8(16-9)6-11(14)4-5-12-7-11/h2-3,12,14H,4-7H2,1H3. The van der Waals surface area contributed by atoms with Crippen LogP contribution < -0.4 is 5.32 Å². The Bertz CT molecular complexity index is 379. The topological polar surface area (TPSA) is 71.7 Å². The number of hydrogen-bond acceptors (Lipinski definition) is 5. The van der Waals surface area contributed by atoms with Gasteiger partial charge in [0.1, 0.15) is 5.76 Å². The van der Waals surface area contributed by atoms with E-state index in [2.05, 4.69) is 10.1 Å². The lowest BCUT2D eigenvalue weighted by Gasteiger charge is -2.19. The number of carbonyl (C=O) groups excluding carboxylic acids is 1. The summed E-state index contributed by atoms with van der Waals surface area (Å²) >= 11 is 0. The van der Waals surface area contributed by atoms with Gasteiger partial charge < -0.3 is 19.6 Å². The van der Waals surface area contributed by atoms with Crippen molar-refractivity contribution in [2.75, 3.05) is 20.2 Å². The third kappa shape index (κ3) is 2.25. The number of nitrogens with one attached hydrogen (secondary N) is 1. The van der Waals surface area contributed by atoms with Crippen molar-refractivity contribution >= 4 is 5.97 Å². The van der Waals surface area contributed by atoms with Crippen LogP contribution in [0, 0.1) is 0 Å². The summed E-state index contributed by atoms with van der Waals surface area (Å²) in [6.45, 7) is 1.36. The number of ether oxygens (including phenoxy) is 1. The number of esters is 1. The molecule has 1 aromatic rings. The Kier molecular flexibility index (Phi) is 2.98. The first-order valence-electron chi connectivity index (χ1n) is 5.23. The molecule has 2 heterocycles. The van der Waals surface area contributed by atoms with E-state index in [-0.39, 0.29) is 5.76 Å². The van der Waals surface area contributed by atoms with Crippen molar-refractivity contribution < 1.29 is 19.1 Å². The van der Waals surface area contributed by atoms with Crippen LogP contribution >= 0.6 is 0 Å². The van der Waals surface area contributed by atoms with E-state index in [1.165, 1.54) is 7.11 Å². The van der Waals surface area contributed by atoms with Gasteiger partial charge in [-0.2, -0.15) is 0 Å². The Balaban J connectivity index is 2.05. The van der Waals surface area contributed by atoms with Gasteiger partial charge in [0.05, 0.1) is 12.7 Å². The van der Waals surface area contributed by atoms with Crippen LogP contribution in [0.4, 0.5) is 0 Å². The molecule has 0 aromatic carbocycles. The zero-order valence-electron chi connectivity index (χ0n) is 9.16. The van der Waals surface area contributed by atoms with E-state index in [1.807, 2.05) is 0 Å². The number of rotatable bonds is 3. The molecular formula is C11H15NO4. The van der Waals surface area contributed by atoms with Crippen LogP contribution in [0.25, 0.3) is 0 Å². The van der Waals surface area contributed by atoms with Gasteiger partial charge in [0.15, 0.2) is 0 Å². The number of methoxy groups -OCH3 is 1. The SMILES string of the molecule is COC(=O)c1ccc(CC2(O)CCNC2)o1. The second kappa shape index (κ2) is 4.27. The summed E-state index contributed by atoms with van der Waals surface area (Å²) in [5.74, 6) is 0.279. The summed E-state index contributed by atoms with van der Waals surface area (Å²) in [6.07, 6.45) is 1.11. The van der Waals surface area contributed by atoms with E-state index in [0.29, 0.717) is 25.1 Å². The van der Waals surface area contributed by atoms with E-state index in [1.54, 1.807) is 12.1 Å². The molecule has 5 nitrogen and oxygen atoms in total. The average molecular weight is 225 g/mol. The largest absolute Gasteiger partial charge is 0.463 e. The van der Waals surface area contributed by atoms with Gasteiger partial charge in [-0.3, -0.25) is 0 Å². The van der Waals surface area contributed by atoms with Crippen LogP contribution in [0.1, 0.15) is 22.7 Å². The number of β-amino-alcohol motifs (C(OH)–C–C–N with tert-alkyl or cyclic N) is 1. The zero-order chi connectivity index (χ0) is 11.6. The van der Waals surface area contributed by atoms with Crippen molar-refractivity contribution in [3.63, 3.8) is 0 Å². The van der Waals surface area contributed by atoms with E-state index in [0.717, 1.165) is 6.54 Å². The smallest absolute Gasteiger partial charge is 0.373 e. The molecule has 2 N–H and O–H groups in total. The molecule has 1 aromatic heterocycles. The van der Waals surface area contributed by atoms with Gasteiger partial charge in [0.2, 0.25) is 5.76 Å². The van der Waals surface area contributed by atoms with E-state index >= 15 is 0 Å². The predicted molar refractivity (Wildman–Crippen MR) is 56.2 cm³/mol. The molecule has 0 bridgehead atoms. The average Bonchev–Trinajstić information content (AvgIpc) is 2.87. The second-order valence-electron chi connectivity index (χ2n) is 4.09. The third-order valence-electron chi connectivity index (χ3n) is 2.77. The second-order valence-corrected chi connectivity index (χ2v) is 4.09. The maximum atomic E-state index is 11.2. The third-order valence-corrected chi connectivity index (χ3v) is 2.77. The van der Waals surface area contributed by atoms with Gasteiger partial charge in [-0.15, -0.1) is 0 Å². The summed E-state index contributed by atoms with van der Waals surface area (Å²) in [5.41, 5.74) is -0.759. The molecule has 1 saturated heterocycles. The molecule has 5 heteroatoms. The quantitative estimate of drug-likeness (QED) is 0.725. The Morgan fingerprint density at radius 2 is 2.50 bits per heavy atom. The van der Waals surface area contributed by atoms with Gasteiger partial charge in [0.25, 0.3) is 0 Å². The highest BCUT2D eigenvalue weighted by Crippen LogP contribution is 2.21. The molecule has 1 atom stereocenters. The monoisotopic (exact) mass is 225 g/mol. The van der Waals surface area contributed by atoms with Gasteiger partial charge >= 0.3 is 5.97 Å². The van der Waals surface area contributed by atoms with Crippen LogP contribution in [-0.2, 0) is 11.2 Å². The highest BCUT2D eigenvalue weighted by atomic mass is 16.5. The molecule has 1 aliphatic rings. The number of carbonyl (C=O) groups is 1. The fourth-order valence-electron chi connectivity index (χ4n) is 1.89.